The Morgan fingerprint density at radius 2 is 1.89 bits per heavy atom. The predicted molar refractivity (Wildman–Crippen MR) is 70.4 cm³/mol. The molecule has 19 heavy (non-hydrogen) atoms. The van der Waals surface area contributed by atoms with E-state index in [0.717, 1.165) is 25.9 Å². The first-order valence-corrected chi connectivity index (χ1v) is 6.83. The molecule has 2 saturated heterocycles. The van der Waals surface area contributed by atoms with Gasteiger partial charge in [0.1, 0.15) is 0 Å². The Morgan fingerprint density at radius 1 is 1.26 bits per heavy atom. The lowest BCUT2D eigenvalue weighted by atomic mass is 9.94. The minimum Gasteiger partial charge on any atom is -0.367 e. The maximum Gasteiger partial charge on any atom is 0.251 e. The third-order valence-corrected chi connectivity index (χ3v) is 4.18. The smallest absolute Gasteiger partial charge is 0.251 e. The van der Waals surface area contributed by atoms with Crippen molar-refractivity contribution in [2.45, 2.75) is 25.4 Å². The van der Waals surface area contributed by atoms with E-state index in [1.807, 2.05) is 0 Å². The molecule has 0 aliphatic carbocycles. The Hall–Kier alpha value is -1.14. The second-order valence-electron chi connectivity index (χ2n) is 5.78. The van der Waals surface area contributed by atoms with Gasteiger partial charge in [0.05, 0.1) is 13.2 Å². The maximum atomic E-state index is 12.5. The van der Waals surface area contributed by atoms with E-state index in [9.17, 15) is 9.59 Å². The normalized spacial score (nSPS) is 30.3. The van der Waals surface area contributed by atoms with Gasteiger partial charge in [0.2, 0.25) is 5.91 Å². The highest BCUT2D eigenvalue weighted by Crippen LogP contribution is 2.23. The van der Waals surface area contributed by atoms with Gasteiger partial charge in [-0.3, -0.25) is 9.59 Å². The van der Waals surface area contributed by atoms with Crippen LogP contribution < -0.4 is 5.73 Å². The van der Waals surface area contributed by atoms with Crippen LogP contribution in [-0.4, -0.2) is 67.0 Å². The molecule has 0 radical (unpaired) electrons. The number of hydrogen-bond acceptors (Lipinski definition) is 4. The van der Waals surface area contributed by atoms with Crippen molar-refractivity contribution in [3.05, 3.63) is 0 Å². The molecule has 0 aromatic carbocycles. The Labute approximate surface area is 113 Å². The van der Waals surface area contributed by atoms with Gasteiger partial charge in [-0.1, -0.05) is 0 Å². The largest absolute Gasteiger partial charge is 0.367 e. The molecule has 2 N–H and O–H groups in total. The molecule has 1 atom stereocenters. The summed E-state index contributed by atoms with van der Waals surface area (Å²) < 4.78 is 5.44. The summed E-state index contributed by atoms with van der Waals surface area (Å²) in [5.41, 5.74) is 4.31. The van der Waals surface area contributed by atoms with Crippen LogP contribution in [0.1, 0.15) is 19.8 Å². The molecule has 0 saturated carbocycles. The number of hydrogen-bond donors (Lipinski definition) is 1. The summed E-state index contributed by atoms with van der Waals surface area (Å²) in [6.07, 6.45) is 1.78. The van der Waals surface area contributed by atoms with Crippen molar-refractivity contribution in [2.75, 3.05) is 39.8 Å². The Kier molecular flexibility index (Phi) is 4.10. The molecule has 108 valence electrons. The Bertz CT molecular complexity index is 366. The molecule has 2 heterocycles. The molecule has 0 aromatic heterocycles. The number of amides is 2. The molecule has 2 aliphatic rings. The molecule has 0 aromatic rings. The number of carbonyl (C=O) groups excluding carboxylic acids is 2. The van der Waals surface area contributed by atoms with Gasteiger partial charge >= 0.3 is 0 Å². The van der Waals surface area contributed by atoms with Crippen LogP contribution in [0.3, 0.4) is 0 Å². The fourth-order valence-electron chi connectivity index (χ4n) is 2.72. The summed E-state index contributed by atoms with van der Waals surface area (Å²) in [5, 5.41) is 0. The van der Waals surface area contributed by atoms with Crippen LogP contribution in [-0.2, 0) is 14.3 Å². The highest BCUT2D eigenvalue weighted by Gasteiger charge is 2.40. The van der Waals surface area contributed by atoms with Crippen LogP contribution in [0.4, 0.5) is 0 Å². The Balaban J connectivity index is 1.97. The average Bonchev–Trinajstić information content (AvgIpc) is 2.39. The lowest BCUT2D eigenvalue weighted by molar-refractivity contribution is -0.163. The standard InChI is InChI=1S/C13H23N3O3/c1-13(12(14)18)9-16(7-8-19-13)11(17)10-3-5-15(2)6-4-10/h10H,3-9H2,1-2H3,(H2,14,18)/t13-/m0/s1. The quantitative estimate of drug-likeness (QED) is 0.728. The first-order valence-electron chi connectivity index (χ1n) is 6.83. The number of primary amides is 1. The van der Waals surface area contributed by atoms with E-state index >= 15 is 0 Å². The lowest BCUT2D eigenvalue weighted by Gasteiger charge is -2.40. The zero-order chi connectivity index (χ0) is 14.0. The molecule has 0 spiro atoms. The first kappa shape index (κ1) is 14.3. The number of likely N-dealkylation sites (tertiary alicyclic amines) is 1. The molecule has 0 unspecified atom stereocenters. The number of ether oxygens (including phenoxy) is 1. The van der Waals surface area contributed by atoms with Crippen LogP contribution in [0.5, 0.6) is 0 Å². The summed E-state index contributed by atoms with van der Waals surface area (Å²) in [6.45, 7) is 4.75. The van der Waals surface area contributed by atoms with Gasteiger partial charge in [-0.15, -0.1) is 0 Å². The van der Waals surface area contributed by atoms with Crippen molar-refractivity contribution >= 4 is 11.8 Å². The van der Waals surface area contributed by atoms with Gasteiger partial charge in [-0.2, -0.15) is 0 Å². The Morgan fingerprint density at radius 3 is 2.47 bits per heavy atom. The SMILES string of the molecule is CN1CCC(C(=O)N2CCO[C@](C)(C(N)=O)C2)CC1. The monoisotopic (exact) mass is 269 g/mol. The van der Waals surface area contributed by atoms with Crippen LogP contribution in [0, 0.1) is 5.92 Å². The number of morpholine rings is 1. The van der Waals surface area contributed by atoms with Crippen LogP contribution >= 0.6 is 0 Å². The third-order valence-electron chi connectivity index (χ3n) is 4.18. The maximum absolute atomic E-state index is 12.5. The highest BCUT2D eigenvalue weighted by atomic mass is 16.5. The molecule has 2 rings (SSSR count). The van der Waals surface area contributed by atoms with Gasteiger partial charge < -0.3 is 20.3 Å². The van der Waals surface area contributed by atoms with E-state index in [0.29, 0.717) is 13.2 Å². The fraction of sp³-hybridized carbons (Fsp3) is 0.846. The predicted octanol–water partition coefficient (Wildman–Crippen LogP) is -0.569. The first-order chi connectivity index (χ1) is 8.92. The zero-order valence-corrected chi connectivity index (χ0v) is 11.7. The van der Waals surface area contributed by atoms with Gasteiger partial charge in [-0.25, -0.2) is 0 Å². The van der Waals surface area contributed by atoms with Gasteiger partial charge in [0, 0.05) is 12.5 Å². The average molecular weight is 269 g/mol. The molecular weight excluding hydrogens is 246 g/mol. The van der Waals surface area contributed by atoms with Crippen LogP contribution in [0.25, 0.3) is 0 Å². The van der Waals surface area contributed by atoms with Crippen molar-refractivity contribution in [1.29, 1.82) is 0 Å². The van der Waals surface area contributed by atoms with Gasteiger partial charge in [-0.05, 0) is 39.9 Å². The number of rotatable bonds is 2. The lowest BCUT2D eigenvalue weighted by Crippen LogP contribution is -2.59. The summed E-state index contributed by atoms with van der Waals surface area (Å²) in [4.78, 5) is 27.9. The molecule has 0 bridgehead atoms. The van der Waals surface area contributed by atoms with Crippen molar-refractivity contribution in [3.63, 3.8) is 0 Å². The van der Waals surface area contributed by atoms with E-state index < -0.39 is 11.5 Å². The van der Waals surface area contributed by atoms with E-state index in [2.05, 4.69) is 11.9 Å². The molecule has 2 aliphatic heterocycles. The van der Waals surface area contributed by atoms with E-state index in [1.165, 1.54) is 0 Å². The van der Waals surface area contributed by atoms with E-state index in [1.54, 1.807) is 11.8 Å². The minimum absolute atomic E-state index is 0.0754. The molecule has 2 fully saturated rings. The number of nitrogens with zero attached hydrogens (tertiary/aromatic N) is 2. The topological polar surface area (TPSA) is 75.9 Å². The summed E-state index contributed by atoms with van der Waals surface area (Å²) >= 11 is 0. The third kappa shape index (κ3) is 3.06. The van der Waals surface area contributed by atoms with Crippen molar-refractivity contribution in [3.8, 4) is 0 Å². The number of piperidine rings is 1. The van der Waals surface area contributed by atoms with E-state index in [4.69, 9.17) is 10.5 Å². The summed E-state index contributed by atoms with van der Waals surface area (Å²) in [6, 6.07) is 0. The molecular formula is C13H23N3O3. The summed E-state index contributed by atoms with van der Waals surface area (Å²) in [5.74, 6) is -0.288. The fourth-order valence-corrected chi connectivity index (χ4v) is 2.72. The zero-order valence-electron chi connectivity index (χ0n) is 11.7. The van der Waals surface area contributed by atoms with Gasteiger partial charge in [0.25, 0.3) is 5.91 Å². The van der Waals surface area contributed by atoms with Crippen molar-refractivity contribution in [1.82, 2.24) is 9.80 Å². The second kappa shape index (κ2) is 5.46. The highest BCUT2D eigenvalue weighted by molar-refractivity contribution is 5.85. The van der Waals surface area contributed by atoms with E-state index in [-0.39, 0.29) is 18.4 Å². The minimum atomic E-state index is -1.04. The van der Waals surface area contributed by atoms with Gasteiger partial charge in [0.15, 0.2) is 5.60 Å². The van der Waals surface area contributed by atoms with Crippen molar-refractivity contribution < 1.29 is 14.3 Å². The second-order valence-corrected chi connectivity index (χ2v) is 5.78. The number of carbonyl (C=O) groups is 2. The molecule has 6 nitrogen and oxygen atoms in total. The van der Waals surface area contributed by atoms with Crippen LogP contribution in [0.15, 0.2) is 0 Å². The molecule has 2 amide bonds. The summed E-state index contributed by atoms with van der Waals surface area (Å²) in [7, 11) is 2.07. The number of nitrogens with two attached hydrogens (primary N) is 1. The van der Waals surface area contributed by atoms with Crippen molar-refractivity contribution in [2.24, 2.45) is 11.7 Å². The molecule has 6 heteroatoms. The van der Waals surface area contributed by atoms with Crippen LogP contribution in [0.2, 0.25) is 0 Å².